The number of carbonyl (C=O) groups excluding carboxylic acids is 1. The zero-order chi connectivity index (χ0) is 28.5. The Labute approximate surface area is 231 Å². The van der Waals surface area contributed by atoms with E-state index in [-0.39, 0.29) is 31.3 Å². The van der Waals surface area contributed by atoms with Gasteiger partial charge in [0.15, 0.2) is 0 Å². The molecule has 4 aromatic rings. The molecule has 8 heteroatoms. The van der Waals surface area contributed by atoms with Crippen molar-refractivity contribution in [2.75, 3.05) is 0 Å². The Morgan fingerprint density at radius 1 is 0.950 bits per heavy atom. The fraction of sp³-hybridized carbons (Fsp3) is 0.344. The molecule has 0 spiro atoms. The van der Waals surface area contributed by atoms with Crippen LogP contribution >= 0.6 is 0 Å². The molecule has 1 heterocycles. The van der Waals surface area contributed by atoms with E-state index in [4.69, 9.17) is 13.9 Å². The number of halogens is 3. The number of benzene rings is 3. The van der Waals surface area contributed by atoms with Crippen LogP contribution in [0.15, 0.2) is 71.1 Å². The summed E-state index contributed by atoms with van der Waals surface area (Å²) in [4.78, 5) is 12.1. The summed E-state index contributed by atoms with van der Waals surface area (Å²) < 4.78 is 58.0. The van der Waals surface area contributed by atoms with Crippen LogP contribution in [0.5, 0.6) is 5.75 Å². The SMILES string of the molecule is CC(C)(C)OC(=O)NCc1cc2cc(-c3ccc(OC4CCC(F)(F)CC4)cc3)cc(-c3ccc(F)cc3)c2o1. The molecule has 1 saturated carbocycles. The Hall–Kier alpha value is -3.94. The minimum Gasteiger partial charge on any atom is -0.490 e. The van der Waals surface area contributed by atoms with Crippen molar-refractivity contribution in [3.8, 4) is 28.0 Å². The zero-order valence-electron chi connectivity index (χ0n) is 22.7. The number of alkyl carbamates (subject to hydrolysis) is 1. The number of fused-ring (bicyclic) bond motifs is 1. The second-order valence-electron chi connectivity index (χ2n) is 11.2. The van der Waals surface area contributed by atoms with Crippen molar-refractivity contribution in [2.45, 2.75) is 70.6 Å². The molecule has 0 bridgehead atoms. The third-order valence-electron chi connectivity index (χ3n) is 6.78. The van der Waals surface area contributed by atoms with Gasteiger partial charge in [-0.2, -0.15) is 0 Å². The van der Waals surface area contributed by atoms with Crippen LogP contribution in [0.2, 0.25) is 0 Å². The van der Waals surface area contributed by atoms with Gasteiger partial charge in [0.2, 0.25) is 5.92 Å². The highest BCUT2D eigenvalue weighted by atomic mass is 19.3. The van der Waals surface area contributed by atoms with Crippen molar-refractivity contribution in [2.24, 2.45) is 0 Å². The Kier molecular flexibility index (Phi) is 7.53. The van der Waals surface area contributed by atoms with E-state index in [1.807, 2.05) is 42.5 Å². The first-order valence-corrected chi connectivity index (χ1v) is 13.4. The highest BCUT2D eigenvalue weighted by Crippen LogP contribution is 2.38. The summed E-state index contributed by atoms with van der Waals surface area (Å²) in [5.41, 5.74) is 3.38. The summed E-state index contributed by atoms with van der Waals surface area (Å²) in [6, 6.07) is 19.5. The van der Waals surface area contributed by atoms with Crippen LogP contribution in [0.25, 0.3) is 33.2 Å². The van der Waals surface area contributed by atoms with Gasteiger partial charge < -0.3 is 19.2 Å². The van der Waals surface area contributed by atoms with Gasteiger partial charge in [0.05, 0.1) is 12.6 Å². The van der Waals surface area contributed by atoms with E-state index in [2.05, 4.69) is 5.32 Å². The summed E-state index contributed by atoms with van der Waals surface area (Å²) in [6.45, 7) is 5.52. The number of hydrogen-bond acceptors (Lipinski definition) is 4. The largest absolute Gasteiger partial charge is 0.490 e. The quantitative estimate of drug-likeness (QED) is 0.260. The first-order valence-electron chi connectivity index (χ1n) is 13.4. The predicted octanol–water partition coefficient (Wildman–Crippen LogP) is 8.89. The molecular formula is C32H32F3NO4. The van der Waals surface area contributed by atoms with Crippen LogP contribution in [-0.4, -0.2) is 23.7 Å². The van der Waals surface area contributed by atoms with E-state index in [9.17, 15) is 18.0 Å². The van der Waals surface area contributed by atoms with Gasteiger partial charge in [0.1, 0.15) is 28.5 Å². The summed E-state index contributed by atoms with van der Waals surface area (Å²) in [6.07, 6.45) is -0.401. The van der Waals surface area contributed by atoms with Crippen LogP contribution in [0, 0.1) is 5.82 Å². The average molecular weight is 552 g/mol. The molecule has 5 rings (SSSR count). The number of amides is 1. The van der Waals surface area contributed by atoms with E-state index in [0.29, 0.717) is 29.9 Å². The van der Waals surface area contributed by atoms with Crippen molar-refractivity contribution in [1.29, 1.82) is 0 Å². The normalized spacial score (nSPS) is 15.7. The van der Waals surface area contributed by atoms with Gasteiger partial charge in [-0.05, 0) is 92.8 Å². The number of carbonyl (C=O) groups is 1. The number of nitrogens with one attached hydrogen (secondary N) is 1. The number of ether oxygens (including phenoxy) is 2. The van der Waals surface area contributed by atoms with Gasteiger partial charge in [-0.15, -0.1) is 0 Å². The molecule has 1 N–H and O–H groups in total. The predicted molar refractivity (Wildman–Crippen MR) is 148 cm³/mol. The Balaban J connectivity index is 1.41. The zero-order valence-corrected chi connectivity index (χ0v) is 22.7. The molecule has 0 unspecified atom stereocenters. The Morgan fingerprint density at radius 3 is 2.25 bits per heavy atom. The van der Waals surface area contributed by atoms with E-state index in [1.54, 1.807) is 32.9 Å². The summed E-state index contributed by atoms with van der Waals surface area (Å²) in [5, 5.41) is 3.53. The van der Waals surface area contributed by atoms with Gasteiger partial charge in [-0.25, -0.2) is 18.0 Å². The second-order valence-corrected chi connectivity index (χ2v) is 11.2. The van der Waals surface area contributed by atoms with Gasteiger partial charge >= 0.3 is 6.09 Å². The van der Waals surface area contributed by atoms with Gasteiger partial charge in [-0.3, -0.25) is 0 Å². The molecule has 0 aliphatic heterocycles. The van der Waals surface area contributed by atoms with Crippen molar-refractivity contribution in [1.82, 2.24) is 5.32 Å². The minimum atomic E-state index is -2.59. The molecule has 0 saturated heterocycles. The molecule has 1 aliphatic carbocycles. The number of furan rings is 1. The number of hydrogen-bond donors (Lipinski definition) is 1. The molecular weight excluding hydrogens is 519 g/mol. The van der Waals surface area contributed by atoms with Crippen molar-refractivity contribution in [3.63, 3.8) is 0 Å². The third-order valence-corrected chi connectivity index (χ3v) is 6.78. The van der Waals surface area contributed by atoms with Crippen LogP contribution in [0.1, 0.15) is 52.2 Å². The van der Waals surface area contributed by atoms with Crippen molar-refractivity contribution < 1.29 is 31.9 Å². The maximum Gasteiger partial charge on any atom is 0.408 e. The molecule has 3 aromatic carbocycles. The van der Waals surface area contributed by atoms with E-state index < -0.39 is 17.6 Å². The lowest BCUT2D eigenvalue weighted by molar-refractivity contribution is -0.0582. The monoisotopic (exact) mass is 551 g/mol. The van der Waals surface area contributed by atoms with Gasteiger partial charge in [0, 0.05) is 23.8 Å². The minimum absolute atomic E-state index is 0.140. The topological polar surface area (TPSA) is 60.7 Å². The maximum atomic E-state index is 13.7. The number of alkyl halides is 2. The first kappa shape index (κ1) is 27.6. The average Bonchev–Trinajstić information content (AvgIpc) is 3.31. The van der Waals surface area contributed by atoms with E-state index in [0.717, 1.165) is 27.6 Å². The standard InChI is InChI=1S/C32H32F3NO4/c1-31(2,3)40-30(37)36-19-27-17-23-16-22(18-28(29(23)39-27)21-4-8-24(33)9-5-21)20-6-10-25(11-7-20)38-26-12-14-32(34,35)15-13-26/h4-11,16-18,26H,12-15,19H2,1-3H3,(H,36,37). The Bertz CT molecular complexity index is 1480. The van der Waals surface area contributed by atoms with Crippen LogP contribution in [0.4, 0.5) is 18.0 Å². The Morgan fingerprint density at radius 2 is 1.60 bits per heavy atom. The highest BCUT2D eigenvalue weighted by Gasteiger charge is 2.35. The summed E-state index contributed by atoms with van der Waals surface area (Å²) in [7, 11) is 0. The molecule has 5 nitrogen and oxygen atoms in total. The molecule has 1 amide bonds. The number of rotatable bonds is 6. The van der Waals surface area contributed by atoms with Crippen LogP contribution < -0.4 is 10.1 Å². The third kappa shape index (κ3) is 6.79. The molecule has 1 aliphatic rings. The fourth-order valence-electron chi connectivity index (χ4n) is 4.83. The smallest absolute Gasteiger partial charge is 0.408 e. The molecule has 210 valence electrons. The lowest BCUT2D eigenvalue weighted by Gasteiger charge is -2.28. The van der Waals surface area contributed by atoms with Crippen molar-refractivity contribution >= 4 is 17.1 Å². The molecule has 40 heavy (non-hydrogen) atoms. The van der Waals surface area contributed by atoms with Crippen LogP contribution in [-0.2, 0) is 11.3 Å². The van der Waals surface area contributed by atoms with E-state index >= 15 is 0 Å². The first-order chi connectivity index (χ1) is 18.9. The highest BCUT2D eigenvalue weighted by molar-refractivity contribution is 5.97. The lowest BCUT2D eigenvalue weighted by atomic mass is 9.94. The van der Waals surface area contributed by atoms with E-state index in [1.165, 1.54) is 12.1 Å². The summed E-state index contributed by atoms with van der Waals surface area (Å²) >= 11 is 0. The molecule has 1 aromatic heterocycles. The maximum absolute atomic E-state index is 13.7. The molecule has 0 radical (unpaired) electrons. The van der Waals surface area contributed by atoms with Crippen LogP contribution in [0.3, 0.4) is 0 Å². The molecule has 0 atom stereocenters. The fourth-order valence-corrected chi connectivity index (χ4v) is 4.83. The van der Waals surface area contributed by atoms with Gasteiger partial charge in [-0.1, -0.05) is 24.3 Å². The van der Waals surface area contributed by atoms with Gasteiger partial charge in [0.25, 0.3) is 0 Å². The second kappa shape index (κ2) is 10.9. The van der Waals surface area contributed by atoms with Crippen molar-refractivity contribution in [3.05, 3.63) is 78.3 Å². The molecule has 1 fully saturated rings. The lowest BCUT2D eigenvalue weighted by Crippen LogP contribution is -2.32. The summed E-state index contributed by atoms with van der Waals surface area (Å²) in [5.74, 6) is -1.75.